The number of hydrogen-bond acceptors (Lipinski definition) is 3. The van der Waals surface area contributed by atoms with E-state index in [4.69, 9.17) is 0 Å². The molecule has 1 fully saturated rings. The van der Waals surface area contributed by atoms with Crippen molar-refractivity contribution in [3.05, 3.63) is 46.4 Å². The van der Waals surface area contributed by atoms with E-state index in [1.165, 1.54) is 12.8 Å². The highest BCUT2D eigenvalue weighted by atomic mass is 16.2. The Morgan fingerprint density at radius 3 is 2.70 bits per heavy atom. The van der Waals surface area contributed by atoms with Gasteiger partial charge < -0.3 is 14.8 Å². The molecule has 2 aromatic rings. The second kappa shape index (κ2) is 6.54. The molecule has 0 atom stereocenters. The molecule has 0 radical (unpaired) electrons. The van der Waals surface area contributed by atoms with Crippen LogP contribution < -0.4 is 5.56 Å². The number of hydrogen-bond donors (Lipinski definition) is 1. The molecule has 23 heavy (non-hydrogen) atoms. The molecule has 0 bridgehead atoms. The van der Waals surface area contributed by atoms with Gasteiger partial charge in [0.2, 0.25) is 5.91 Å². The molecule has 1 aliphatic rings. The maximum absolute atomic E-state index is 12.3. The van der Waals surface area contributed by atoms with Crippen LogP contribution in [-0.2, 0) is 11.2 Å². The number of aromatic nitrogens is 1. The standard InChI is InChI=1S/C18H23N3O2/c1-20(15-7-8-15)9-10-21(2)17(22)12-14-11-13-5-3-4-6-16(13)18(23)19-14/h3-6,11,15H,7-10,12H2,1-2H3,(H,19,23). The zero-order valence-electron chi connectivity index (χ0n) is 13.7. The lowest BCUT2D eigenvalue weighted by atomic mass is 10.1. The summed E-state index contributed by atoms with van der Waals surface area (Å²) in [5.74, 6) is 0.0279. The number of nitrogens with one attached hydrogen (secondary N) is 1. The largest absolute Gasteiger partial charge is 0.344 e. The van der Waals surface area contributed by atoms with Gasteiger partial charge >= 0.3 is 0 Å². The number of amides is 1. The number of carbonyl (C=O) groups is 1. The summed E-state index contributed by atoms with van der Waals surface area (Å²) in [6.45, 7) is 1.60. The van der Waals surface area contributed by atoms with Crippen LogP contribution in [-0.4, -0.2) is 53.9 Å². The van der Waals surface area contributed by atoms with Crippen molar-refractivity contribution in [2.75, 3.05) is 27.2 Å². The first-order chi connectivity index (χ1) is 11.0. The monoisotopic (exact) mass is 313 g/mol. The molecule has 0 saturated heterocycles. The minimum Gasteiger partial charge on any atom is -0.344 e. The highest BCUT2D eigenvalue weighted by Gasteiger charge is 2.26. The van der Waals surface area contributed by atoms with E-state index in [9.17, 15) is 9.59 Å². The average Bonchev–Trinajstić information content (AvgIpc) is 3.37. The van der Waals surface area contributed by atoms with E-state index >= 15 is 0 Å². The number of benzene rings is 1. The van der Waals surface area contributed by atoms with E-state index < -0.39 is 0 Å². The van der Waals surface area contributed by atoms with Crippen LogP contribution in [0.5, 0.6) is 0 Å². The van der Waals surface area contributed by atoms with Gasteiger partial charge in [-0.05, 0) is 37.4 Å². The first kappa shape index (κ1) is 15.7. The fourth-order valence-corrected chi connectivity index (χ4v) is 2.79. The first-order valence-electron chi connectivity index (χ1n) is 8.10. The number of likely N-dealkylation sites (N-methyl/N-ethyl adjacent to an activating group) is 2. The lowest BCUT2D eigenvalue weighted by Crippen LogP contribution is -2.36. The van der Waals surface area contributed by atoms with E-state index in [0.717, 1.165) is 11.9 Å². The van der Waals surface area contributed by atoms with E-state index in [-0.39, 0.29) is 17.9 Å². The lowest BCUT2D eigenvalue weighted by molar-refractivity contribution is -0.129. The van der Waals surface area contributed by atoms with Crippen LogP contribution in [0.25, 0.3) is 10.8 Å². The number of aromatic amines is 1. The molecule has 5 heteroatoms. The number of pyridine rings is 1. The summed E-state index contributed by atoms with van der Waals surface area (Å²) in [6.07, 6.45) is 2.77. The lowest BCUT2D eigenvalue weighted by Gasteiger charge is -2.22. The predicted octanol–water partition coefficient (Wildman–Crippen LogP) is 1.62. The molecule has 1 saturated carbocycles. The molecule has 1 aromatic heterocycles. The van der Waals surface area contributed by atoms with Crippen molar-refractivity contribution in [2.24, 2.45) is 0 Å². The number of carbonyl (C=O) groups excluding carboxylic acids is 1. The van der Waals surface area contributed by atoms with Crippen molar-refractivity contribution in [2.45, 2.75) is 25.3 Å². The fourth-order valence-electron chi connectivity index (χ4n) is 2.79. The molecule has 1 amide bonds. The van der Waals surface area contributed by atoms with Crippen molar-refractivity contribution in [1.29, 1.82) is 0 Å². The molecular formula is C18H23N3O2. The van der Waals surface area contributed by atoms with Crippen molar-refractivity contribution >= 4 is 16.7 Å². The van der Waals surface area contributed by atoms with Gasteiger partial charge in [-0.3, -0.25) is 9.59 Å². The molecule has 0 spiro atoms. The molecular weight excluding hydrogens is 290 g/mol. The van der Waals surface area contributed by atoms with Crippen LogP contribution in [0, 0.1) is 0 Å². The topological polar surface area (TPSA) is 56.4 Å². The maximum atomic E-state index is 12.3. The number of rotatable bonds is 6. The van der Waals surface area contributed by atoms with Gasteiger partial charge in [-0.1, -0.05) is 18.2 Å². The summed E-state index contributed by atoms with van der Waals surface area (Å²) < 4.78 is 0. The van der Waals surface area contributed by atoms with Crippen molar-refractivity contribution in [3.8, 4) is 0 Å². The smallest absolute Gasteiger partial charge is 0.256 e. The second-order valence-electron chi connectivity index (χ2n) is 6.41. The average molecular weight is 313 g/mol. The molecule has 1 aliphatic carbocycles. The summed E-state index contributed by atoms with van der Waals surface area (Å²) in [5, 5.41) is 1.53. The minimum absolute atomic E-state index is 0.0279. The Labute approximate surface area is 135 Å². The molecule has 3 rings (SSSR count). The Kier molecular flexibility index (Phi) is 4.48. The summed E-state index contributed by atoms with van der Waals surface area (Å²) >= 11 is 0. The van der Waals surface area contributed by atoms with E-state index in [0.29, 0.717) is 23.7 Å². The van der Waals surface area contributed by atoms with Gasteiger partial charge in [-0.25, -0.2) is 0 Å². The van der Waals surface area contributed by atoms with Crippen molar-refractivity contribution < 1.29 is 4.79 Å². The molecule has 122 valence electrons. The highest BCUT2D eigenvalue weighted by molar-refractivity contribution is 5.83. The Morgan fingerprint density at radius 1 is 1.22 bits per heavy atom. The SMILES string of the molecule is CN(CCN(C)C1CC1)C(=O)Cc1cc2ccccc2c(=O)[nH]1. The zero-order valence-corrected chi connectivity index (χ0v) is 13.7. The van der Waals surface area contributed by atoms with Crippen LogP contribution in [0.1, 0.15) is 18.5 Å². The quantitative estimate of drug-likeness (QED) is 0.882. The first-order valence-corrected chi connectivity index (χ1v) is 8.10. The van der Waals surface area contributed by atoms with Gasteiger partial charge in [0.15, 0.2) is 0 Å². The Hall–Kier alpha value is -2.14. The van der Waals surface area contributed by atoms with E-state index in [1.807, 2.05) is 31.3 Å². The van der Waals surface area contributed by atoms with E-state index in [2.05, 4.69) is 16.9 Å². The van der Waals surface area contributed by atoms with Gasteiger partial charge in [-0.15, -0.1) is 0 Å². The zero-order chi connectivity index (χ0) is 16.4. The van der Waals surface area contributed by atoms with Gasteiger partial charge in [0.1, 0.15) is 0 Å². The van der Waals surface area contributed by atoms with Gasteiger partial charge in [0, 0.05) is 37.3 Å². The van der Waals surface area contributed by atoms with Crippen LogP contribution >= 0.6 is 0 Å². The molecule has 1 N–H and O–H groups in total. The van der Waals surface area contributed by atoms with Crippen LogP contribution in [0.3, 0.4) is 0 Å². The van der Waals surface area contributed by atoms with Crippen LogP contribution in [0.15, 0.2) is 35.1 Å². The Balaban J connectivity index is 1.63. The number of H-pyrrole nitrogens is 1. The molecule has 0 aliphatic heterocycles. The summed E-state index contributed by atoms with van der Waals surface area (Å²) in [7, 11) is 3.93. The third-order valence-electron chi connectivity index (χ3n) is 4.54. The second-order valence-corrected chi connectivity index (χ2v) is 6.41. The Bertz CT molecular complexity index is 764. The normalized spacial score (nSPS) is 14.4. The summed E-state index contributed by atoms with van der Waals surface area (Å²) in [6, 6.07) is 10.0. The third kappa shape index (κ3) is 3.79. The predicted molar refractivity (Wildman–Crippen MR) is 91.6 cm³/mol. The molecule has 5 nitrogen and oxygen atoms in total. The van der Waals surface area contributed by atoms with Gasteiger partial charge in [0.05, 0.1) is 6.42 Å². The molecule has 0 unspecified atom stereocenters. The van der Waals surface area contributed by atoms with Crippen molar-refractivity contribution in [1.82, 2.24) is 14.8 Å². The molecule has 1 heterocycles. The summed E-state index contributed by atoms with van der Waals surface area (Å²) in [5.41, 5.74) is 0.531. The highest BCUT2D eigenvalue weighted by Crippen LogP contribution is 2.24. The number of nitrogens with zero attached hydrogens (tertiary/aromatic N) is 2. The number of fused-ring (bicyclic) bond motifs is 1. The van der Waals surface area contributed by atoms with Crippen molar-refractivity contribution in [3.63, 3.8) is 0 Å². The molecule has 1 aromatic carbocycles. The van der Waals surface area contributed by atoms with Crippen LogP contribution in [0.4, 0.5) is 0 Å². The van der Waals surface area contributed by atoms with Crippen LogP contribution in [0.2, 0.25) is 0 Å². The maximum Gasteiger partial charge on any atom is 0.256 e. The fraction of sp³-hybridized carbons (Fsp3) is 0.444. The minimum atomic E-state index is -0.137. The van der Waals surface area contributed by atoms with Gasteiger partial charge in [0.25, 0.3) is 5.56 Å². The third-order valence-corrected chi connectivity index (χ3v) is 4.54. The van der Waals surface area contributed by atoms with E-state index in [1.54, 1.807) is 11.0 Å². The van der Waals surface area contributed by atoms with Gasteiger partial charge in [-0.2, -0.15) is 0 Å². The Morgan fingerprint density at radius 2 is 1.96 bits per heavy atom. The summed E-state index contributed by atoms with van der Waals surface area (Å²) in [4.78, 5) is 31.3.